The Morgan fingerprint density at radius 3 is 2.29 bits per heavy atom. The van der Waals surface area contributed by atoms with Gasteiger partial charge in [-0.15, -0.1) is 11.8 Å². The van der Waals surface area contributed by atoms with Gasteiger partial charge in [0.25, 0.3) is 0 Å². The first-order chi connectivity index (χ1) is 16.3. The van der Waals surface area contributed by atoms with Crippen LogP contribution >= 0.6 is 11.8 Å². The summed E-state index contributed by atoms with van der Waals surface area (Å²) in [7, 11) is 0. The molecule has 9 nitrogen and oxygen atoms in total. The summed E-state index contributed by atoms with van der Waals surface area (Å²) in [5.74, 6) is -1.95. The van der Waals surface area contributed by atoms with Crippen molar-refractivity contribution in [1.29, 1.82) is 0 Å². The fraction of sp³-hybridized carbons (Fsp3) is 0.833. The molecule has 1 heterocycles. The lowest BCUT2D eigenvalue weighted by Gasteiger charge is -2.28. The average Bonchev–Trinajstić information content (AvgIpc) is 3.29. The molecule has 4 atom stereocenters. The molecule has 2 N–H and O–H groups in total. The van der Waals surface area contributed by atoms with Crippen LogP contribution in [-0.4, -0.2) is 82.7 Å². The van der Waals surface area contributed by atoms with Gasteiger partial charge < -0.3 is 19.5 Å². The van der Waals surface area contributed by atoms with Crippen molar-refractivity contribution >= 4 is 35.6 Å². The van der Waals surface area contributed by atoms with Crippen LogP contribution in [0.15, 0.2) is 0 Å². The first kappa shape index (κ1) is 30.2. The molecule has 0 aromatic rings. The molecule has 1 amide bonds. The molecule has 10 heteroatoms. The quantitative estimate of drug-likeness (QED) is 0.228. The summed E-state index contributed by atoms with van der Waals surface area (Å²) in [6.45, 7) is 8.09. The summed E-state index contributed by atoms with van der Waals surface area (Å²) >= 11 is 1.33. The molecule has 1 saturated heterocycles. The van der Waals surface area contributed by atoms with Crippen molar-refractivity contribution in [2.75, 3.05) is 25.5 Å². The number of aliphatic carboxylic acids is 1. The van der Waals surface area contributed by atoms with Gasteiger partial charge in [0.1, 0.15) is 17.3 Å². The fourth-order valence-corrected chi connectivity index (χ4v) is 5.18. The maximum absolute atomic E-state index is 12.9. The number of esters is 2. The van der Waals surface area contributed by atoms with Gasteiger partial charge in [-0.3, -0.25) is 19.7 Å². The van der Waals surface area contributed by atoms with Gasteiger partial charge in [-0.05, 0) is 40.0 Å². The number of unbranched alkanes of at least 4 members (excludes halogenated alkanes) is 4. The van der Waals surface area contributed by atoms with Crippen LogP contribution in [0.5, 0.6) is 0 Å². The molecule has 0 aromatic carbocycles. The third-order valence-corrected chi connectivity index (χ3v) is 7.15. The Morgan fingerprint density at radius 2 is 1.68 bits per heavy atom. The SMILES string of the molecule is CCCCCCC[C@@H](SCC(NC(C)C(=O)N1CCC[C@H]1C(=O)O)C(=O)OCC)C(=O)OCC. The Morgan fingerprint density at radius 1 is 1.03 bits per heavy atom. The maximum atomic E-state index is 12.9. The number of carboxylic acid groups (broad SMARTS) is 1. The normalized spacial score (nSPS) is 18.2. The summed E-state index contributed by atoms with van der Waals surface area (Å²) in [6, 6.07) is -2.43. The Labute approximate surface area is 207 Å². The monoisotopic (exact) mass is 502 g/mol. The van der Waals surface area contributed by atoms with Crippen LogP contribution in [0.2, 0.25) is 0 Å². The predicted octanol–water partition coefficient (Wildman–Crippen LogP) is 3.00. The summed E-state index contributed by atoms with van der Waals surface area (Å²) in [4.78, 5) is 50.8. The lowest BCUT2D eigenvalue weighted by atomic mass is 10.1. The van der Waals surface area contributed by atoms with Gasteiger partial charge in [0, 0.05) is 12.3 Å². The number of carbonyl (C=O) groups excluding carboxylic acids is 3. The van der Waals surface area contributed by atoms with E-state index in [2.05, 4.69) is 12.2 Å². The van der Waals surface area contributed by atoms with Gasteiger partial charge in [-0.2, -0.15) is 0 Å². The smallest absolute Gasteiger partial charge is 0.326 e. The van der Waals surface area contributed by atoms with E-state index >= 15 is 0 Å². The molecule has 1 aliphatic rings. The molecule has 1 fully saturated rings. The zero-order valence-electron chi connectivity index (χ0n) is 21.0. The zero-order chi connectivity index (χ0) is 25.5. The second kappa shape index (κ2) is 16.8. The van der Waals surface area contributed by atoms with E-state index < -0.39 is 35.3 Å². The summed E-state index contributed by atoms with van der Waals surface area (Å²) in [6.07, 6.45) is 7.07. The predicted molar refractivity (Wildman–Crippen MR) is 132 cm³/mol. The highest BCUT2D eigenvalue weighted by Gasteiger charge is 2.37. The molecular formula is C24H42N2O7S. The summed E-state index contributed by atoms with van der Waals surface area (Å²) < 4.78 is 10.4. The molecule has 0 spiro atoms. The molecule has 1 rings (SSSR count). The molecule has 0 aliphatic carbocycles. The fourth-order valence-electron chi connectivity index (χ4n) is 3.99. The van der Waals surface area contributed by atoms with Crippen molar-refractivity contribution in [3.05, 3.63) is 0 Å². The van der Waals surface area contributed by atoms with Gasteiger partial charge in [0.05, 0.1) is 19.3 Å². The molecule has 0 saturated carbocycles. The largest absolute Gasteiger partial charge is 0.480 e. The number of carbonyl (C=O) groups is 4. The molecule has 0 bridgehead atoms. The van der Waals surface area contributed by atoms with Crippen molar-refractivity contribution in [3.8, 4) is 0 Å². The number of carboxylic acids is 1. The Hall–Kier alpha value is -1.81. The molecule has 1 aliphatic heterocycles. The van der Waals surface area contributed by atoms with E-state index in [1.165, 1.54) is 16.7 Å². The number of hydrogen-bond acceptors (Lipinski definition) is 8. The van der Waals surface area contributed by atoms with E-state index in [1.807, 2.05) is 0 Å². The van der Waals surface area contributed by atoms with Crippen LogP contribution in [0.25, 0.3) is 0 Å². The van der Waals surface area contributed by atoms with Gasteiger partial charge in [-0.25, -0.2) is 4.79 Å². The Balaban J connectivity index is 2.80. The lowest BCUT2D eigenvalue weighted by Crippen LogP contribution is -2.54. The van der Waals surface area contributed by atoms with E-state index in [1.54, 1.807) is 20.8 Å². The third-order valence-electron chi connectivity index (χ3n) is 5.80. The van der Waals surface area contributed by atoms with Gasteiger partial charge >= 0.3 is 17.9 Å². The first-order valence-corrected chi connectivity index (χ1v) is 13.6. The highest BCUT2D eigenvalue weighted by atomic mass is 32.2. The Kier molecular flexibility index (Phi) is 14.9. The number of ether oxygens (including phenoxy) is 2. The van der Waals surface area contributed by atoms with E-state index in [9.17, 15) is 24.3 Å². The highest BCUT2D eigenvalue weighted by molar-refractivity contribution is 8.00. The molecule has 0 aromatic heterocycles. The van der Waals surface area contributed by atoms with E-state index in [4.69, 9.17) is 9.47 Å². The molecule has 196 valence electrons. The van der Waals surface area contributed by atoms with Gasteiger partial charge in [-0.1, -0.05) is 39.0 Å². The van der Waals surface area contributed by atoms with Crippen LogP contribution in [0.1, 0.15) is 79.1 Å². The van der Waals surface area contributed by atoms with Crippen LogP contribution in [-0.2, 0) is 28.7 Å². The van der Waals surface area contributed by atoms with Crippen LogP contribution in [0, 0.1) is 0 Å². The van der Waals surface area contributed by atoms with Crippen LogP contribution in [0.4, 0.5) is 0 Å². The van der Waals surface area contributed by atoms with Crippen molar-refractivity contribution in [1.82, 2.24) is 10.2 Å². The minimum atomic E-state index is -1.02. The van der Waals surface area contributed by atoms with E-state index in [0.29, 0.717) is 25.8 Å². The van der Waals surface area contributed by atoms with E-state index in [0.717, 1.165) is 32.1 Å². The number of likely N-dealkylation sites (tertiary alicyclic amines) is 1. The van der Waals surface area contributed by atoms with Crippen molar-refractivity contribution in [2.24, 2.45) is 0 Å². The van der Waals surface area contributed by atoms with Crippen LogP contribution < -0.4 is 5.32 Å². The van der Waals surface area contributed by atoms with Gasteiger partial charge in [0.15, 0.2) is 0 Å². The van der Waals surface area contributed by atoms with Crippen molar-refractivity contribution in [3.63, 3.8) is 0 Å². The lowest BCUT2D eigenvalue weighted by molar-refractivity contribution is -0.150. The van der Waals surface area contributed by atoms with E-state index in [-0.39, 0.29) is 30.8 Å². The molecule has 0 radical (unpaired) electrons. The highest BCUT2D eigenvalue weighted by Crippen LogP contribution is 2.23. The minimum absolute atomic E-state index is 0.190. The summed E-state index contributed by atoms with van der Waals surface area (Å²) in [5, 5.41) is 12.0. The zero-order valence-corrected chi connectivity index (χ0v) is 21.9. The third kappa shape index (κ3) is 10.2. The van der Waals surface area contributed by atoms with Crippen molar-refractivity contribution < 1.29 is 33.8 Å². The Bertz CT molecular complexity index is 661. The minimum Gasteiger partial charge on any atom is -0.480 e. The molecule has 34 heavy (non-hydrogen) atoms. The number of nitrogens with zero attached hydrogens (tertiary/aromatic N) is 1. The maximum Gasteiger partial charge on any atom is 0.326 e. The van der Waals surface area contributed by atoms with Gasteiger partial charge in [0.2, 0.25) is 5.91 Å². The average molecular weight is 503 g/mol. The second-order valence-corrected chi connectivity index (χ2v) is 9.73. The van der Waals surface area contributed by atoms with Crippen molar-refractivity contribution in [2.45, 2.75) is 102 Å². The number of rotatable bonds is 17. The standard InChI is InChI=1S/C24H42N2O7S/c1-5-8-9-10-11-14-20(24(31)33-7-3)34-16-18(23(30)32-6-2)25-17(4)21(27)26-15-12-13-19(26)22(28)29/h17-20,25H,5-16H2,1-4H3,(H,28,29)/t17?,18?,19-,20+/m0/s1. The number of nitrogens with one attached hydrogen (secondary N) is 1. The van der Waals surface area contributed by atoms with Crippen LogP contribution in [0.3, 0.4) is 0 Å². The summed E-state index contributed by atoms with van der Waals surface area (Å²) in [5.41, 5.74) is 0. The molecule has 2 unspecified atom stereocenters. The number of amides is 1. The second-order valence-electron chi connectivity index (χ2n) is 8.50. The molecular weight excluding hydrogens is 460 g/mol. The number of thioether (sulfide) groups is 1. The first-order valence-electron chi connectivity index (χ1n) is 12.5. The number of hydrogen-bond donors (Lipinski definition) is 2. The topological polar surface area (TPSA) is 122 Å².